The minimum atomic E-state index is -0.573. The highest BCUT2D eigenvalue weighted by atomic mass is 16.6. The van der Waals surface area contributed by atoms with Crippen molar-refractivity contribution in [2.45, 2.75) is 76.0 Å². The van der Waals surface area contributed by atoms with Gasteiger partial charge in [0.15, 0.2) is 0 Å². The lowest BCUT2D eigenvalue weighted by Gasteiger charge is -2.43. The van der Waals surface area contributed by atoms with Crippen molar-refractivity contribution in [1.82, 2.24) is 15.1 Å². The second kappa shape index (κ2) is 13.4. The van der Waals surface area contributed by atoms with Crippen LogP contribution in [0.2, 0.25) is 0 Å². The number of hydrogen-bond acceptors (Lipinski definition) is 6. The molecule has 2 saturated carbocycles. The number of piperidine rings is 1. The number of likely N-dealkylation sites (tertiary alicyclic amines) is 1. The fraction of sp³-hybridized carbons (Fsp3) is 0.548. The quantitative estimate of drug-likeness (QED) is 0.288. The van der Waals surface area contributed by atoms with E-state index in [4.69, 9.17) is 5.73 Å². The first kappa shape index (κ1) is 29.0. The first-order chi connectivity index (χ1) is 19.9. The number of anilines is 1. The van der Waals surface area contributed by atoms with Crippen LogP contribution in [0, 0.1) is 22.0 Å². The van der Waals surface area contributed by atoms with E-state index in [0.717, 1.165) is 57.1 Å². The summed E-state index contributed by atoms with van der Waals surface area (Å²) in [6, 6.07) is 15.8. The maximum absolute atomic E-state index is 13.7. The van der Waals surface area contributed by atoms with E-state index in [1.54, 1.807) is 17.0 Å². The second-order valence-electron chi connectivity index (χ2n) is 11.9. The molecule has 10 heteroatoms. The van der Waals surface area contributed by atoms with Crippen LogP contribution in [0.4, 0.5) is 16.2 Å². The number of amides is 3. The van der Waals surface area contributed by atoms with E-state index in [1.165, 1.54) is 0 Å². The Labute approximate surface area is 241 Å². The van der Waals surface area contributed by atoms with Crippen LogP contribution in [0.25, 0.3) is 0 Å². The zero-order valence-corrected chi connectivity index (χ0v) is 23.6. The van der Waals surface area contributed by atoms with Crippen molar-refractivity contribution in [2.24, 2.45) is 17.6 Å². The zero-order chi connectivity index (χ0) is 28.8. The Kier molecular flexibility index (Phi) is 9.51. The van der Waals surface area contributed by atoms with Gasteiger partial charge in [-0.3, -0.25) is 19.8 Å². The van der Waals surface area contributed by atoms with Gasteiger partial charge in [-0.1, -0.05) is 30.3 Å². The number of carbonyl (C=O) groups is 2. The molecule has 220 valence electrons. The number of rotatable bonds is 10. The number of carbonyl (C=O) groups excluding carboxylic acids is 2. The van der Waals surface area contributed by atoms with Gasteiger partial charge in [0.25, 0.3) is 5.69 Å². The van der Waals surface area contributed by atoms with E-state index in [9.17, 15) is 19.7 Å². The summed E-state index contributed by atoms with van der Waals surface area (Å²) in [7, 11) is 0. The van der Waals surface area contributed by atoms with Crippen LogP contribution in [-0.4, -0.2) is 64.4 Å². The van der Waals surface area contributed by atoms with Crippen LogP contribution < -0.4 is 16.4 Å². The Balaban J connectivity index is 1.28. The van der Waals surface area contributed by atoms with Crippen LogP contribution in [0.5, 0.6) is 0 Å². The number of non-ortho nitro benzene ring substituents is 1. The van der Waals surface area contributed by atoms with Gasteiger partial charge in [-0.05, 0) is 87.4 Å². The highest BCUT2D eigenvalue weighted by Gasteiger charge is 2.42. The van der Waals surface area contributed by atoms with Crippen molar-refractivity contribution in [1.29, 1.82) is 0 Å². The topological polar surface area (TPSA) is 134 Å². The Morgan fingerprint density at radius 1 is 0.927 bits per heavy atom. The van der Waals surface area contributed by atoms with Gasteiger partial charge in [0.1, 0.15) is 6.04 Å². The largest absolute Gasteiger partial charge is 0.354 e. The maximum atomic E-state index is 13.7. The first-order valence-electron chi connectivity index (χ1n) is 15.0. The van der Waals surface area contributed by atoms with Crippen molar-refractivity contribution in [3.05, 3.63) is 70.3 Å². The van der Waals surface area contributed by atoms with E-state index in [-0.39, 0.29) is 28.6 Å². The fourth-order valence-corrected chi connectivity index (χ4v) is 6.39. The van der Waals surface area contributed by atoms with E-state index in [1.807, 2.05) is 42.5 Å². The van der Waals surface area contributed by atoms with Gasteiger partial charge in [0.05, 0.1) is 4.92 Å². The number of nitrogens with zero attached hydrogens (tertiary/aromatic N) is 3. The van der Waals surface area contributed by atoms with Crippen LogP contribution in [-0.2, 0) is 11.3 Å². The predicted molar refractivity (Wildman–Crippen MR) is 158 cm³/mol. The van der Waals surface area contributed by atoms with Crippen LogP contribution in [0.3, 0.4) is 0 Å². The molecule has 3 aliphatic rings. The van der Waals surface area contributed by atoms with Gasteiger partial charge < -0.3 is 21.3 Å². The van der Waals surface area contributed by atoms with Crippen molar-refractivity contribution < 1.29 is 14.5 Å². The third kappa shape index (κ3) is 7.62. The predicted octanol–water partition coefficient (Wildman–Crippen LogP) is 4.51. The molecule has 2 aromatic carbocycles. The molecule has 3 amide bonds. The van der Waals surface area contributed by atoms with Crippen molar-refractivity contribution in [3.8, 4) is 0 Å². The smallest absolute Gasteiger partial charge is 0.322 e. The monoisotopic (exact) mass is 562 g/mol. The number of nitrogens with one attached hydrogen (secondary N) is 2. The average Bonchev–Trinajstić information content (AvgIpc) is 3.85. The molecule has 5 rings (SSSR count). The summed E-state index contributed by atoms with van der Waals surface area (Å²) >= 11 is 0. The molecule has 10 nitrogen and oxygen atoms in total. The second-order valence-corrected chi connectivity index (χ2v) is 11.9. The molecule has 0 radical (unpaired) electrons. The number of nitro benzene ring substituents is 1. The molecule has 1 aliphatic heterocycles. The van der Waals surface area contributed by atoms with Crippen LogP contribution >= 0.6 is 0 Å². The zero-order valence-electron chi connectivity index (χ0n) is 23.6. The highest BCUT2D eigenvalue weighted by Crippen LogP contribution is 2.35. The number of nitrogens with two attached hydrogens (primary N) is 1. The lowest BCUT2D eigenvalue weighted by Crippen LogP contribution is -2.58. The summed E-state index contributed by atoms with van der Waals surface area (Å²) < 4.78 is 0. The van der Waals surface area contributed by atoms with E-state index in [0.29, 0.717) is 49.6 Å². The normalized spacial score (nSPS) is 24.6. The number of nitro groups is 1. The standard InChI is InChI=1S/C31H42N6O4/c32-19-22-6-8-23(9-7-22)20-33-30(38)29-18-28(16-17-35(29)31(39)34-25-4-2-1-3-5-25)36(26-14-15-26)21-24-10-12-27(13-11-24)37(40)41/h1-5,10-13,22-23,26,28-29H,6-9,14-21,32H2,(H,33,38)(H,34,39)/t22?,23?,28?,29-/m1/s1. The van der Waals surface area contributed by atoms with Gasteiger partial charge in [0.2, 0.25) is 5.91 Å². The Morgan fingerprint density at radius 3 is 2.24 bits per heavy atom. The maximum Gasteiger partial charge on any atom is 0.322 e. The fourth-order valence-electron chi connectivity index (χ4n) is 6.39. The number of urea groups is 1. The number of benzene rings is 2. The Morgan fingerprint density at radius 2 is 1.61 bits per heavy atom. The summed E-state index contributed by atoms with van der Waals surface area (Å²) in [5, 5.41) is 17.3. The molecular formula is C31H42N6O4. The van der Waals surface area contributed by atoms with E-state index in [2.05, 4.69) is 15.5 Å². The van der Waals surface area contributed by atoms with Gasteiger partial charge in [-0.25, -0.2) is 4.79 Å². The molecule has 2 aromatic rings. The minimum absolute atomic E-state index is 0.0812. The molecule has 1 heterocycles. The third-order valence-electron chi connectivity index (χ3n) is 9.03. The molecule has 0 spiro atoms. The molecule has 2 atom stereocenters. The average molecular weight is 563 g/mol. The summed E-state index contributed by atoms with van der Waals surface area (Å²) in [4.78, 5) is 42.0. The van der Waals surface area contributed by atoms with Crippen molar-refractivity contribution in [3.63, 3.8) is 0 Å². The SMILES string of the molecule is NCC1CCC(CNC(=O)[C@H]2CC(N(Cc3ccc([N+](=O)[O-])cc3)C3CC3)CCN2C(=O)Nc2ccccc2)CC1. The summed E-state index contributed by atoms with van der Waals surface area (Å²) in [6.45, 7) is 2.50. The van der Waals surface area contributed by atoms with Crippen LogP contribution in [0.15, 0.2) is 54.6 Å². The Bertz CT molecular complexity index is 1180. The minimum Gasteiger partial charge on any atom is -0.354 e. The molecule has 1 unspecified atom stereocenters. The number of hydrogen-bond donors (Lipinski definition) is 3. The molecule has 0 aromatic heterocycles. The lowest BCUT2D eigenvalue weighted by atomic mass is 9.82. The molecule has 4 N–H and O–H groups in total. The molecule has 2 aliphatic carbocycles. The highest BCUT2D eigenvalue weighted by molar-refractivity contribution is 5.94. The molecule has 1 saturated heterocycles. The van der Waals surface area contributed by atoms with E-state index >= 15 is 0 Å². The number of para-hydroxylation sites is 1. The van der Waals surface area contributed by atoms with Crippen molar-refractivity contribution >= 4 is 23.3 Å². The molecule has 3 fully saturated rings. The summed E-state index contributed by atoms with van der Waals surface area (Å²) in [6.07, 6.45) is 7.86. The van der Waals surface area contributed by atoms with E-state index < -0.39 is 6.04 Å². The van der Waals surface area contributed by atoms with Gasteiger partial charge in [-0.2, -0.15) is 0 Å². The lowest BCUT2D eigenvalue weighted by molar-refractivity contribution is -0.384. The molecule has 41 heavy (non-hydrogen) atoms. The molecular weight excluding hydrogens is 520 g/mol. The van der Waals surface area contributed by atoms with Crippen molar-refractivity contribution in [2.75, 3.05) is 25.0 Å². The van der Waals surface area contributed by atoms with Gasteiger partial charge >= 0.3 is 6.03 Å². The third-order valence-corrected chi connectivity index (χ3v) is 9.03. The van der Waals surface area contributed by atoms with Crippen LogP contribution in [0.1, 0.15) is 56.9 Å². The first-order valence-corrected chi connectivity index (χ1v) is 15.0. The Hall–Kier alpha value is -3.50. The molecule has 0 bridgehead atoms. The van der Waals surface area contributed by atoms with Gasteiger partial charge in [-0.15, -0.1) is 0 Å². The summed E-state index contributed by atoms with van der Waals surface area (Å²) in [5.41, 5.74) is 7.65. The summed E-state index contributed by atoms with van der Waals surface area (Å²) in [5.74, 6) is 0.935. The van der Waals surface area contributed by atoms with Gasteiger partial charge in [0, 0.05) is 49.5 Å².